The van der Waals surface area contributed by atoms with Crippen molar-refractivity contribution in [2.45, 2.75) is 45.4 Å². The van der Waals surface area contributed by atoms with Crippen LogP contribution in [-0.4, -0.2) is 40.3 Å². The molecular formula is C20H26FN3O. The number of hydrogen-bond acceptors (Lipinski definition) is 3. The number of likely N-dealkylation sites (tertiary alicyclic amines) is 1. The zero-order valence-corrected chi connectivity index (χ0v) is 14.8. The van der Waals surface area contributed by atoms with E-state index in [1.807, 2.05) is 12.3 Å². The number of halogens is 1. The van der Waals surface area contributed by atoms with Crippen LogP contribution in [0.25, 0.3) is 0 Å². The van der Waals surface area contributed by atoms with Crippen molar-refractivity contribution in [3.8, 4) is 0 Å². The van der Waals surface area contributed by atoms with Crippen LogP contribution in [0.15, 0.2) is 36.7 Å². The van der Waals surface area contributed by atoms with Gasteiger partial charge in [0.05, 0.1) is 19.3 Å². The molecule has 1 atom stereocenters. The summed E-state index contributed by atoms with van der Waals surface area (Å²) >= 11 is 0. The van der Waals surface area contributed by atoms with E-state index in [-0.39, 0.29) is 11.9 Å². The topological polar surface area (TPSA) is 30.3 Å². The highest BCUT2D eigenvalue weighted by molar-refractivity contribution is 5.18. The van der Waals surface area contributed by atoms with Gasteiger partial charge in [-0.15, -0.1) is 0 Å². The fraction of sp³-hybridized carbons (Fsp3) is 0.550. The molecule has 2 aromatic rings. The van der Waals surface area contributed by atoms with Crippen molar-refractivity contribution in [1.29, 1.82) is 0 Å². The Labute approximate surface area is 148 Å². The van der Waals surface area contributed by atoms with Gasteiger partial charge >= 0.3 is 0 Å². The van der Waals surface area contributed by atoms with Crippen LogP contribution in [0.3, 0.4) is 0 Å². The van der Waals surface area contributed by atoms with Gasteiger partial charge in [0, 0.05) is 37.4 Å². The Bertz CT molecular complexity index is 723. The molecule has 4 rings (SSSR count). The maximum atomic E-state index is 13.3. The van der Waals surface area contributed by atoms with Crippen LogP contribution in [0.1, 0.15) is 31.2 Å². The smallest absolute Gasteiger partial charge is 0.123 e. The van der Waals surface area contributed by atoms with E-state index in [1.54, 1.807) is 12.1 Å². The molecule has 0 bridgehead atoms. The van der Waals surface area contributed by atoms with E-state index in [1.165, 1.54) is 6.07 Å². The van der Waals surface area contributed by atoms with Gasteiger partial charge in [0.15, 0.2) is 0 Å². The quantitative estimate of drug-likeness (QED) is 0.806. The van der Waals surface area contributed by atoms with E-state index in [0.29, 0.717) is 5.41 Å². The maximum absolute atomic E-state index is 13.3. The summed E-state index contributed by atoms with van der Waals surface area (Å²) in [4.78, 5) is 6.97. The number of aryl methyl sites for hydroxylation is 1. The largest absolute Gasteiger partial charge is 0.377 e. The van der Waals surface area contributed by atoms with Gasteiger partial charge < -0.3 is 9.30 Å². The van der Waals surface area contributed by atoms with Crippen LogP contribution in [0.5, 0.6) is 0 Å². The molecule has 1 aromatic heterocycles. The molecule has 0 aliphatic carbocycles. The summed E-state index contributed by atoms with van der Waals surface area (Å²) in [6.45, 7) is 7.12. The molecule has 0 amide bonds. The number of nitrogens with zero attached hydrogens (tertiary/aromatic N) is 3. The Hall–Kier alpha value is -1.72. The lowest BCUT2D eigenvalue weighted by Crippen LogP contribution is -2.56. The predicted molar refractivity (Wildman–Crippen MR) is 94.7 cm³/mol. The average molecular weight is 343 g/mol. The molecule has 0 N–H and O–H groups in total. The first kappa shape index (κ1) is 16.7. The lowest BCUT2D eigenvalue weighted by molar-refractivity contribution is -0.0160. The SMILES string of the molecule is CCCn1ccnc1CN1CC2(COC(Cc3cccc(F)c3)C2)C1. The number of rotatable bonds is 6. The van der Waals surface area contributed by atoms with E-state index >= 15 is 0 Å². The van der Waals surface area contributed by atoms with Crippen molar-refractivity contribution < 1.29 is 9.13 Å². The number of aromatic nitrogens is 2. The zero-order valence-electron chi connectivity index (χ0n) is 14.8. The molecular weight excluding hydrogens is 317 g/mol. The minimum absolute atomic E-state index is 0.164. The highest BCUT2D eigenvalue weighted by Crippen LogP contribution is 2.42. The number of imidazole rings is 1. The monoisotopic (exact) mass is 343 g/mol. The number of benzene rings is 1. The van der Waals surface area contributed by atoms with Gasteiger partial charge in [0.25, 0.3) is 0 Å². The highest BCUT2D eigenvalue weighted by Gasteiger charge is 2.48. The summed E-state index contributed by atoms with van der Waals surface area (Å²) in [6, 6.07) is 6.87. The van der Waals surface area contributed by atoms with Gasteiger partial charge in [-0.2, -0.15) is 0 Å². The van der Waals surface area contributed by atoms with E-state index in [4.69, 9.17) is 4.74 Å². The lowest BCUT2D eigenvalue weighted by atomic mass is 9.77. The zero-order chi connectivity index (χ0) is 17.3. The Kier molecular flexibility index (Phi) is 4.61. The predicted octanol–water partition coefficient (Wildman–Crippen LogP) is 3.27. The standard InChI is InChI=1S/C20H26FN3O/c1-2-7-24-8-6-22-19(24)12-23-13-20(14-23)11-18(25-15-20)10-16-4-3-5-17(21)9-16/h3-6,8-9,18H,2,7,10-15H2,1H3. The molecule has 0 radical (unpaired) electrons. The third-order valence-corrected chi connectivity index (χ3v) is 5.39. The second-order valence-corrected chi connectivity index (χ2v) is 7.65. The van der Waals surface area contributed by atoms with Crippen molar-refractivity contribution in [3.63, 3.8) is 0 Å². The molecule has 3 heterocycles. The van der Waals surface area contributed by atoms with E-state index < -0.39 is 0 Å². The average Bonchev–Trinajstić information content (AvgIpc) is 3.15. The second kappa shape index (κ2) is 6.89. The Balaban J connectivity index is 1.29. The summed E-state index contributed by atoms with van der Waals surface area (Å²) in [5, 5.41) is 0. The molecule has 5 heteroatoms. The van der Waals surface area contributed by atoms with Crippen LogP contribution in [0, 0.1) is 11.2 Å². The van der Waals surface area contributed by atoms with E-state index in [9.17, 15) is 4.39 Å². The summed E-state index contributed by atoms with van der Waals surface area (Å²) in [6.07, 6.45) is 7.19. The fourth-order valence-electron chi connectivity index (χ4n) is 4.32. The second-order valence-electron chi connectivity index (χ2n) is 7.65. The first-order chi connectivity index (χ1) is 12.2. The summed E-state index contributed by atoms with van der Waals surface area (Å²) < 4.78 is 21.6. The van der Waals surface area contributed by atoms with Crippen molar-refractivity contribution in [3.05, 3.63) is 53.9 Å². The molecule has 1 unspecified atom stereocenters. The first-order valence-electron chi connectivity index (χ1n) is 9.24. The maximum Gasteiger partial charge on any atom is 0.123 e. The van der Waals surface area contributed by atoms with Gasteiger partial charge in [-0.05, 0) is 37.0 Å². The van der Waals surface area contributed by atoms with Gasteiger partial charge in [-0.1, -0.05) is 19.1 Å². The molecule has 2 saturated heterocycles. The van der Waals surface area contributed by atoms with Crippen LogP contribution < -0.4 is 0 Å². The van der Waals surface area contributed by atoms with Gasteiger partial charge in [-0.25, -0.2) is 9.37 Å². The molecule has 0 saturated carbocycles. The van der Waals surface area contributed by atoms with Gasteiger partial charge in [0.2, 0.25) is 0 Å². The van der Waals surface area contributed by atoms with Crippen molar-refractivity contribution >= 4 is 0 Å². The van der Waals surface area contributed by atoms with Gasteiger partial charge in [0.1, 0.15) is 11.6 Å². The minimum atomic E-state index is -0.164. The molecule has 1 aromatic carbocycles. The molecule has 2 fully saturated rings. The van der Waals surface area contributed by atoms with Crippen molar-refractivity contribution in [2.75, 3.05) is 19.7 Å². The molecule has 25 heavy (non-hydrogen) atoms. The van der Waals surface area contributed by atoms with Crippen LogP contribution in [0.2, 0.25) is 0 Å². The molecule has 134 valence electrons. The Morgan fingerprint density at radius 2 is 2.24 bits per heavy atom. The molecule has 2 aliphatic rings. The first-order valence-corrected chi connectivity index (χ1v) is 9.24. The summed E-state index contributed by atoms with van der Waals surface area (Å²) in [7, 11) is 0. The minimum Gasteiger partial charge on any atom is -0.377 e. The number of hydrogen-bond donors (Lipinski definition) is 0. The van der Waals surface area contributed by atoms with Crippen molar-refractivity contribution in [1.82, 2.24) is 14.5 Å². The van der Waals surface area contributed by atoms with Crippen LogP contribution >= 0.6 is 0 Å². The van der Waals surface area contributed by atoms with Crippen LogP contribution in [0.4, 0.5) is 4.39 Å². The fourth-order valence-corrected chi connectivity index (χ4v) is 4.32. The Morgan fingerprint density at radius 1 is 1.36 bits per heavy atom. The molecule has 4 nitrogen and oxygen atoms in total. The summed E-state index contributed by atoms with van der Waals surface area (Å²) in [5.74, 6) is 0.995. The highest BCUT2D eigenvalue weighted by atomic mass is 19.1. The Morgan fingerprint density at radius 3 is 3.04 bits per heavy atom. The molecule has 2 aliphatic heterocycles. The lowest BCUT2D eigenvalue weighted by Gasteiger charge is -2.47. The van der Waals surface area contributed by atoms with Crippen molar-refractivity contribution in [2.24, 2.45) is 5.41 Å². The van der Waals surface area contributed by atoms with Gasteiger partial charge in [-0.3, -0.25) is 4.90 Å². The number of ether oxygens (including phenoxy) is 1. The van der Waals surface area contributed by atoms with Crippen LogP contribution in [-0.2, 0) is 24.2 Å². The third kappa shape index (κ3) is 3.62. The normalized spacial score (nSPS) is 22.4. The van der Waals surface area contributed by atoms with E-state index in [2.05, 4.69) is 27.6 Å². The summed E-state index contributed by atoms with van der Waals surface area (Å²) in [5.41, 5.74) is 1.32. The molecule has 1 spiro atoms. The van der Waals surface area contributed by atoms with E-state index in [0.717, 1.165) is 63.4 Å². The third-order valence-electron chi connectivity index (χ3n) is 5.39.